The van der Waals surface area contributed by atoms with E-state index in [-0.39, 0.29) is 11.8 Å². The minimum absolute atomic E-state index is 0.0212. The average Bonchev–Trinajstić information content (AvgIpc) is 2.87. The molecule has 1 atom stereocenters. The number of hydrogen-bond acceptors (Lipinski definition) is 3. The van der Waals surface area contributed by atoms with Gasteiger partial charge in [0, 0.05) is 22.5 Å². The van der Waals surface area contributed by atoms with Crippen molar-refractivity contribution in [3.05, 3.63) is 58.9 Å². The molecule has 0 bridgehead atoms. The van der Waals surface area contributed by atoms with Crippen LogP contribution in [0.25, 0.3) is 0 Å². The highest BCUT2D eigenvalue weighted by Crippen LogP contribution is 2.28. The molecule has 0 saturated heterocycles. The summed E-state index contributed by atoms with van der Waals surface area (Å²) < 4.78 is 7.23. The van der Waals surface area contributed by atoms with Gasteiger partial charge in [-0.05, 0) is 39.2 Å². The van der Waals surface area contributed by atoms with Crippen LogP contribution in [-0.2, 0) is 9.53 Å². The fourth-order valence-corrected chi connectivity index (χ4v) is 3.22. The number of nitrogens with zero attached hydrogens (tertiary/aromatic N) is 1. The molecule has 0 radical (unpaired) electrons. The van der Waals surface area contributed by atoms with Gasteiger partial charge in [0.25, 0.3) is 0 Å². The van der Waals surface area contributed by atoms with Crippen molar-refractivity contribution in [2.45, 2.75) is 47.1 Å². The minimum Gasteiger partial charge on any atom is -0.464 e. The first kappa shape index (κ1) is 19.0. The summed E-state index contributed by atoms with van der Waals surface area (Å²) in [4.78, 5) is 25.3. The third-order valence-electron chi connectivity index (χ3n) is 4.33. The first-order valence-electron chi connectivity index (χ1n) is 8.81. The average molecular weight is 341 g/mol. The van der Waals surface area contributed by atoms with Gasteiger partial charge >= 0.3 is 5.97 Å². The molecule has 0 aliphatic carbocycles. The van der Waals surface area contributed by atoms with Gasteiger partial charge in [-0.1, -0.05) is 44.2 Å². The van der Waals surface area contributed by atoms with Crippen LogP contribution >= 0.6 is 0 Å². The molecule has 0 aliphatic heterocycles. The molecule has 0 amide bonds. The molecule has 0 fully saturated rings. The Bertz CT molecular complexity index is 744. The van der Waals surface area contributed by atoms with Crippen LogP contribution in [0, 0.1) is 19.8 Å². The van der Waals surface area contributed by atoms with Crippen LogP contribution < -0.4 is 0 Å². The van der Waals surface area contributed by atoms with E-state index in [2.05, 4.69) is 13.8 Å². The number of aromatic nitrogens is 1. The van der Waals surface area contributed by atoms with E-state index < -0.39 is 6.04 Å². The standard InChI is InChI=1S/C21H27NO3/c1-6-25-21(24)19(12-14(2)3)22-15(4)13-18(16(22)5)20(23)17-10-8-7-9-11-17/h7-11,13-14,19H,6,12H2,1-5H3. The van der Waals surface area contributed by atoms with Crippen LogP contribution in [0.3, 0.4) is 0 Å². The molecular formula is C21H27NO3. The van der Waals surface area contributed by atoms with Crippen LogP contribution in [0.4, 0.5) is 0 Å². The molecule has 1 heterocycles. The van der Waals surface area contributed by atoms with E-state index in [0.29, 0.717) is 30.1 Å². The lowest BCUT2D eigenvalue weighted by molar-refractivity contribution is -0.147. The molecule has 25 heavy (non-hydrogen) atoms. The number of benzene rings is 1. The smallest absolute Gasteiger partial charge is 0.329 e. The first-order valence-corrected chi connectivity index (χ1v) is 8.81. The predicted octanol–water partition coefficient (Wildman–Crippen LogP) is 4.49. The predicted molar refractivity (Wildman–Crippen MR) is 98.9 cm³/mol. The molecule has 2 aromatic rings. The summed E-state index contributed by atoms with van der Waals surface area (Å²) in [6.45, 7) is 10.1. The Morgan fingerprint density at radius 2 is 1.76 bits per heavy atom. The summed E-state index contributed by atoms with van der Waals surface area (Å²) in [5.74, 6) is 0.0766. The van der Waals surface area contributed by atoms with E-state index in [9.17, 15) is 9.59 Å². The van der Waals surface area contributed by atoms with Crippen molar-refractivity contribution in [1.82, 2.24) is 4.57 Å². The van der Waals surface area contributed by atoms with Gasteiger partial charge in [0.05, 0.1) is 6.61 Å². The maximum absolute atomic E-state index is 12.8. The molecule has 0 aliphatic rings. The Morgan fingerprint density at radius 3 is 2.32 bits per heavy atom. The van der Waals surface area contributed by atoms with Crippen molar-refractivity contribution >= 4 is 11.8 Å². The normalized spacial score (nSPS) is 12.2. The largest absolute Gasteiger partial charge is 0.464 e. The summed E-state index contributed by atoms with van der Waals surface area (Å²) in [6, 6.07) is 10.7. The third-order valence-corrected chi connectivity index (χ3v) is 4.33. The number of esters is 1. The molecular weight excluding hydrogens is 314 g/mol. The van der Waals surface area contributed by atoms with Gasteiger partial charge in [-0.15, -0.1) is 0 Å². The van der Waals surface area contributed by atoms with E-state index in [1.165, 1.54) is 0 Å². The van der Waals surface area contributed by atoms with E-state index in [1.807, 2.05) is 61.7 Å². The van der Waals surface area contributed by atoms with Gasteiger partial charge in [0.2, 0.25) is 0 Å². The van der Waals surface area contributed by atoms with E-state index >= 15 is 0 Å². The summed E-state index contributed by atoms with van der Waals surface area (Å²) in [5.41, 5.74) is 3.00. The second-order valence-electron chi connectivity index (χ2n) is 6.75. The molecule has 4 nitrogen and oxygen atoms in total. The number of rotatable bonds is 7. The molecule has 0 saturated carbocycles. The Morgan fingerprint density at radius 1 is 1.12 bits per heavy atom. The van der Waals surface area contributed by atoms with E-state index in [4.69, 9.17) is 4.74 Å². The zero-order chi connectivity index (χ0) is 18.6. The number of ketones is 1. The fraction of sp³-hybridized carbons (Fsp3) is 0.429. The van der Waals surface area contributed by atoms with Crippen molar-refractivity contribution in [3.8, 4) is 0 Å². The van der Waals surface area contributed by atoms with Crippen LogP contribution in [0.5, 0.6) is 0 Å². The van der Waals surface area contributed by atoms with Crippen LogP contribution in [-0.4, -0.2) is 22.9 Å². The van der Waals surface area contributed by atoms with Gasteiger partial charge in [0.1, 0.15) is 6.04 Å². The number of carbonyl (C=O) groups excluding carboxylic acids is 2. The van der Waals surface area contributed by atoms with Crippen molar-refractivity contribution in [3.63, 3.8) is 0 Å². The Balaban J connectivity index is 2.46. The number of ether oxygens (including phenoxy) is 1. The van der Waals surface area contributed by atoms with Crippen LogP contribution in [0.15, 0.2) is 36.4 Å². The summed E-state index contributed by atoms with van der Waals surface area (Å²) in [7, 11) is 0. The second-order valence-corrected chi connectivity index (χ2v) is 6.75. The zero-order valence-electron chi connectivity index (χ0n) is 15.7. The molecule has 1 aromatic carbocycles. The van der Waals surface area contributed by atoms with Gasteiger partial charge in [0.15, 0.2) is 5.78 Å². The summed E-state index contributed by atoms with van der Waals surface area (Å²) in [5, 5.41) is 0. The fourth-order valence-electron chi connectivity index (χ4n) is 3.22. The van der Waals surface area contributed by atoms with Crippen molar-refractivity contribution in [2.24, 2.45) is 5.92 Å². The number of hydrogen-bond donors (Lipinski definition) is 0. The molecule has 4 heteroatoms. The van der Waals surface area contributed by atoms with Crippen LogP contribution in [0.2, 0.25) is 0 Å². The molecule has 0 spiro atoms. The molecule has 134 valence electrons. The molecule has 1 aromatic heterocycles. The molecule has 0 N–H and O–H groups in total. The SMILES string of the molecule is CCOC(=O)C(CC(C)C)n1c(C)cc(C(=O)c2ccccc2)c1C. The topological polar surface area (TPSA) is 48.3 Å². The number of aryl methyl sites for hydroxylation is 1. The monoisotopic (exact) mass is 341 g/mol. The highest BCUT2D eigenvalue weighted by atomic mass is 16.5. The summed E-state index contributed by atoms with van der Waals surface area (Å²) >= 11 is 0. The Kier molecular flexibility index (Phi) is 6.18. The Labute approximate surface area is 149 Å². The highest BCUT2D eigenvalue weighted by molar-refractivity contribution is 6.10. The van der Waals surface area contributed by atoms with Crippen LogP contribution in [0.1, 0.15) is 60.5 Å². The molecule has 1 unspecified atom stereocenters. The number of carbonyl (C=O) groups is 2. The third kappa shape index (κ3) is 4.19. The van der Waals surface area contributed by atoms with E-state index in [1.54, 1.807) is 0 Å². The lowest BCUT2D eigenvalue weighted by atomic mass is 10.0. The second kappa shape index (κ2) is 8.15. The minimum atomic E-state index is -0.405. The lowest BCUT2D eigenvalue weighted by Crippen LogP contribution is -2.25. The molecule has 2 rings (SSSR count). The maximum Gasteiger partial charge on any atom is 0.329 e. The van der Waals surface area contributed by atoms with Gasteiger partial charge in [-0.25, -0.2) is 4.79 Å². The first-order chi connectivity index (χ1) is 11.9. The lowest BCUT2D eigenvalue weighted by Gasteiger charge is -2.23. The van der Waals surface area contributed by atoms with Gasteiger partial charge < -0.3 is 9.30 Å². The van der Waals surface area contributed by atoms with Crippen molar-refractivity contribution in [2.75, 3.05) is 6.61 Å². The van der Waals surface area contributed by atoms with Gasteiger partial charge in [-0.2, -0.15) is 0 Å². The maximum atomic E-state index is 12.8. The van der Waals surface area contributed by atoms with E-state index in [0.717, 1.165) is 11.4 Å². The van der Waals surface area contributed by atoms with Crippen molar-refractivity contribution in [1.29, 1.82) is 0 Å². The van der Waals surface area contributed by atoms with Crippen molar-refractivity contribution < 1.29 is 14.3 Å². The summed E-state index contributed by atoms with van der Waals surface area (Å²) in [6.07, 6.45) is 0.675. The zero-order valence-corrected chi connectivity index (χ0v) is 15.7. The Hall–Kier alpha value is -2.36. The highest BCUT2D eigenvalue weighted by Gasteiger charge is 2.28. The van der Waals surface area contributed by atoms with Gasteiger partial charge in [-0.3, -0.25) is 4.79 Å². The quantitative estimate of drug-likeness (QED) is 0.551.